The van der Waals surface area contributed by atoms with Crippen LogP contribution in [0.3, 0.4) is 0 Å². The Hall–Kier alpha value is -0.120. The van der Waals surface area contributed by atoms with Crippen LogP contribution in [0.2, 0.25) is 0 Å². The minimum absolute atomic E-state index is 0.732. The van der Waals surface area contributed by atoms with Gasteiger partial charge in [0.25, 0.3) is 0 Å². The average Bonchev–Trinajstić information content (AvgIpc) is 2.54. The number of hydrogen-bond acceptors (Lipinski definition) is 3. The standard InChI is InChI=1S/C20H39N3/c1-15-9-11-23(12-10-15)19-7-5-18(6-8-19)21-20-13-17(3)22(4)14-16(20)2/h15-21H,5-14H2,1-4H3/t16-,17-,18?,19?,20+/m0/s1. The summed E-state index contributed by atoms with van der Waals surface area (Å²) in [6, 6.07) is 3.13. The molecule has 0 bridgehead atoms. The molecule has 0 spiro atoms. The maximum absolute atomic E-state index is 4.04. The van der Waals surface area contributed by atoms with E-state index in [1.807, 2.05) is 0 Å². The van der Waals surface area contributed by atoms with Crippen LogP contribution in [0.25, 0.3) is 0 Å². The molecule has 0 amide bonds. The first-order valence-electron chi connectivity index (χ1n) is 10.2. The zero-order chi connectivity index (χ0) is 16.4. The Labute approximate surface area is 144 Å². The van der Waals surface area contributed by atoms with Crippen LogP contribution in [-0.4, -0.2) is 60.6 Å². The van der Waals surface area contributed by atoms with Gasteiger partial charge in [-0.2, -0.15) is 0 Å². The third-order valence-electron chi connectivity index (χ3n) is 7.09. The van der Waals surface area contributed by atoms with E-state index < -0.39 is 0 Å². The van der Waals surface area contributed by atoms with Gasteiger partial charge >= 0.3 is 0 Å². The summed E-state index contributed by atoms with van der Waals surface area (Å²) in [6.07, 6.45) is 9.79. The molecule has 3 rings (SSSR count). The summed E-state index contributed by atoms with van der Waals surface area (Å²) >= 11 is 0. The lowest BCUT2D eigenvalue weighted by Gasteiger charge is -2.44. The summed E-state index contributed by atoms with van der Waals surface area (Å²) in [7, 11) is 2.28. The zero-order valence-electron chi connectivity index (χ0n) is 15.9. The van der Waals surface area contributed by atoms with E-state index in [9.17, 15) is 0 Å². The molecular formula is C20H39N3. The molecule has 3 fully saturated rings. The van der Waals surface area contributed by atoms with Gasteiger partial charge in [0, 0.05) is 30.7 Å². The number of likely N-dealkylation sites (tertiary alicyclic amines) is 2. The molecule has 2 aliphatic heterocycles. The van der Waals surface area contributed by atoms with E-state index in [2.05, 4.69) is 42.9 Å². The van der Waals surface area contributed by atoms with E-state index in [4.69, 9.17) is 0 Å². The minimum Gasteiger partial charge on any atom is -0.311 e. The fourth-order valence-electron chi connectivity index (χ4n) is 5.08. The summed E-state index contributed by atoms with van der Waals surface area (Å²) in [5, 5.41) is 4.04. The Kier molecular flexibility index (Phi) is 6.03. The Morgan fingerprint density at radius 1 is 0.870 bits per heavy atom. The van der Waals surface area contributed by atoms with Crippen molar-refractivity contribution in [1.29, 1.82) is 0 Å². The summed E-state index contributed by atoms with van der Waals surface area (Å²) in [5.74, 6) is 1.75. The van der Waals surface area contributed by atoms with Crippen LogP contribution in [0.4, 0.5) is 0 Å². The molecule has 0 aromatic rings. The fraction of sp³-hybridized carbons (Fsp3) is 1.00. The number of nitrogens with zero attached hydrogens (tertiary/aromatic N) is 2. The molecule has 1 aliphatic carbocycles. The van der Waals surface area contributed by atoms with Crippen LogP contribution < -0.4 is 5.32 Å². The Morgan fingerprint density at radius 2 is 1.52 bits per heavy atom. The molecule has 2 saturated heterocycles. The van der Waals surface area contributed by atoms with Gasteiger partial charge in [0.15, 0.2) is 0 Å². The molecule has 2 heterocycles. The van der Waals surface area contributed by atoms with Crippen molar-refractivity contribution in [3.63, 3.8) is 0 Å². The first kappa shape index (κ1) is 17.7. The van der Waals surface area contributed by atoms with Crippen molar-refractivity contribution in [3.05, 3.63) is 0 Å². The second-order valence-electron chi connectivity index (χ2n) is 9.00. The second kappa shape index (κ2) is 7.84. The van der Waals surface area contributed by atoms with Crippen molar-refractivity contribution in [2.75, 3.05) is 26.7 Å². The maximum Gasteiger partial charge on any atom is 0.0122 e. The monoisotopic (exact) mass is 321 g/mol. The predicted octanol–water partition coefficient (Wildman–Crippen LogP) is 3.35. The average molecular weight is 322 g/mol. The van der Waals surface area contributed by atoms with Crippen LogP contribution in [0.1, 0.15) is 65.7 Å². The van der Waals surface area contributed by atoms with Gasteiger partial charge in [-0.05, 0) is 83.8 Å². The van der Waals surface area contributed by atoms with E-state index in [1.165, 1.54) is 64.6 Å². The third kappa shape index (κ3) is 4.49. The molecule has 0 aromatic heterocycles. The van der Waals surface area contributed by atoms with E-state index >= 15 is 0 Å². The molecule has 3 heteroatoms. The molecule has 1 N–H and O–H groups in total. The Balaban J connectivity index is 1.42. The first-order chi connectivity index (χ1) is 11.0. The summed E-state index contributed by atoms with van der Waals surface area (Å²) in [5.41, 5.74) is 0. The minimum atomic E-state index is 0.732. The quantitative estimate of drug-likeness (QED) is 0.860. The Bertz CT molecular complexity index is 356. The van der Waals surface area contributed by atoms with Gasteiger partial charge in [0.1, 0.15) is 0 Å². The van der Waals surface area contributed by atoms with Gasteiger partial charge in [-0.1, -0.05) is 13.8 Å². The largest absolute Gasteiger partial charge is 0.311 e. The molecule has 0 radical (unpaired) electrons. The molecular weight excluding hydrogens is 282 g/mol. The van der Waals surface area contributed by atoms with Gasteiger partial charge in [-0.3, -0.25) is 0 Å². The van der Waals surface area contributed by atoms with Gasteiger partial charge in [-0.15, -0.1) is 0 Å². The van der Waals surface area contributed by atoms with Crippen LogP contribution >= 0.6 is 0 Å². The highest BCUT2D eigenvalue weighted by molar-refractivity contribution is 4.91. The number of piperidine rings is 2. The van der Waals surface area contributed by atoms with E-state index in [0.717, 1.165) is 36.0 Å². The third-order valence-corrected chi connectivity index (χ3v) is 7.09. The lowest BCUT2D eigenvalue weighted by Crippen LogP contribution is -2.54. The SMILES string of the molecule is CC1CCN(C2CCC(N[C@@H]3C[C@H](C)N(C)C[C@@H]3C)CC2)CC1. The molecule has 3 aliphatic rings. The number of hydrogen-bond donors (Lipinski definition) is 1. The van der Waals surface area contributed by atoms with Crippen LogP contribution in [0.5, 0.6) is 0 Å². The van der Waals surface area contributed by atoms with Gasteiger partial charge in [0.2, 0.25) is 0 Å². The summed E-state index contributed by atoms with van der Waals surface area (Å²) in [6.45, 7) is 11.2. The van der Waals surface area contributed by atoms with Crippen molar-refractivity contribution in [1.82, 2.24) is 15.1 Å². The number of nitrogens with one attached hydrogen (secondary N) is 1. The highest BCUT2D eigenvalue weighted by atomic mass is 15.2. The first-order valence-corrected chi connectivity index (χ1v) is 10.2. The maximum atomic E-state index is 4.04. The van der Waals surface area contributed by atoms with Crippen molar-refractivity contribution < 1.29 is 0 Å². The molecule has 134 valence electrons. The molecule has 0 unspecified atom stereocenters. The number of rotatable bonds is 3. The van der Waals surface area contributed by atoms with Gasteiger partial charge in [-0.25, -0.2) is 0 Å². The molecule has 0 aromatic carbocycles. The van der Waals surface area contributed by atoms with Crippen molar-refractivity contribution >= 4 is 0 Å². The summed E-state index contributed by atoms with van der Waals surface area (Å²) in [4.78, 5) is 5.33. The molecule has 3 nitrogen and oxygen atoms in total. The van der Waals surface area contributed by atoms with Crippen molar-refractivity contribution in [2.24, 2.45) is 11.8 Å². The van der Waals surface area contributed by atoms with E-state index in [1.54, 1.807) is 0 Å². The second-order valence-corrected chi connectivity index (χ2v) is 9.00. The molecule has 3 atom stereocenters. The smallest absolute Gasteiger partial charge is 0.0122 e. The molecule has 1 saturated carbocycles. The lowest BCUT2D eigenvalue weighted by atomic mass is 9.85. The van der Waals surface area contributed by atoms with Crippen LogP contribution in [-0.2, 0) is 0 Å². The van der Waals surface area contributed by atoms with Crippen LogP contribution in [0, 0.1) is 11.8 Å². The van der Waals surface area contributed by atoms with Crippen LogP contribution in [0.15, 0.2) is 0 Å². The van der Waals surface area contributed by atoms with Gasteiger partial charge in [0.05, 0.1) is 0 Å². The zero-order valence-corrected chi connectivity index (χ0v) is 15.9. The van der Waals surface area contributed by atoms with Crippen molar-refractivity contribution in [2.45, 2.75) is 89.9 Å². The van der Waals surface area contributed by atoms with E-state index in [0.29, 0.717) is 0 Å². The van der Waals surface area contributed by atoms with Gasteiger partial charge < -0.3 is 15.1 Å². The summed E-state index contributed by atoms with van der Waals surface area (Å²) < 4.78 is 0. The normalized spacial score (nSPS) is 42.0. The highest BCUT2D eigenvalue weighted by Crippen LogP contribution is 2.29. The van der Waals surface area contributed by atoms with Crippen molar-refractivity contribution in [3.8, 4) is 0 Å². The lowest BCUT2D eigenvalue weighted by molar-refractivity contribution is 0.0860. The molecule has 23 heavy (non-hydrogen) atoms. The Morgan fingerprint density at radius 3 is 2.17 bits per heavy atom. The topological polar surface area (TPSA) is 18.5 Å². The predicted molar refractivity (Wildman–Crippen MR) is 98.8 cm³/mol. The fourth-order valence-corrected chi connectivity index (χ4v) is 5.08. The highest BCUT2D eigenvalue weighted by Gasteiger charge is 2.33. The van der Waals surface area contributed by atoms with E-state index in [-0.39, 0.29) is 0 Å².